The molecular weight excluding hydrogens is 1700 g/mol. The number of benzene rings is 4. The fraction of sp³-hybridized carbons (Fsp3) is 0.391. The number of amides is 4. The topological polar surface area (TPSA) is 81.2 Å². The minimum absolute atomic E-state index is 0.0563. The number of thiophene rings is 6. The summed E-state index contributed by atoms with van der Waals surface area (Å²) in [7, 11) is 0. The first-order chi connectivity index (χ1) is 53.3. The first-order valence-corrected chi connectivity index (χ1v) is 54.5. The van der Waals surface area contributed by atoms with Gasteiger partial charge in [0.25, 0.3) is 23.6 Å². The number of fused-ring (bicyclic) bond motifs is 4. The van der Waals surface area contributed by atoms with Crippen molar-refractivity contribution in [2.24, 2.45) is 0 Å². The first kappa shape index (κ1) is 82.6. The second-order valence-electron chi connectivity index (χ2n) is 29.4. The van der Waals surface area contributed by atoms with Crippen molar-refractivity contribution in [1.29, 1.82) is 0 Å². The average Bonchev–Trinajstić information content (AvgIpc) is 1.57. The van der Waals surface area contributed by atoms with Gasteiger partial charge < -0.3 is 19.6 Å². The maximum absolute atomic E-state index is 14.7. The summed E-state index contributed by atoms with van der Waals surface area (Å²) < 4.78 is 8.46. The van der Waals surface area contributed by atoms with Crippen LogP contribution in [0.2, 0.25) is 13.3 Å². The maximum atomic E-state index is 14.7. The summed E-state index contributed by atoms with van der Waals surface area (Å²) in [6.07, 6.45) is 25.7. The van der Waals surface area contributed by atoms with Crippen LogP contribution in [0.15, 0.2) is 171 Å². The summed E-state index contributed by atoms with van der Waals surface area (Å²) >= 11 is 16.1. The molecule has 10 aromatic rings. The van der Waals surface area contributed by atoms with Crippen LogP contribution in [-0.4, -0.2) is 68.2 Å². The van der Waals surface area contributed by atoms with Gasteiger partial charge in [0.1, 0.15) is 0 Å². The summed E-state index contributed by atoms with van der Waals surface area (Å²) in [6, 6.07) is 51.3. The zero-order valence-corrected chi connectivity index (χ0v) is 75.6. The van der Waals surface area contributed by atoms with E-state index in [1.807, 2.05) is 70.2 Å². The molecule has 6 aromatic heterocycles. The van der Waals surface area contributed by atoms with Crippen molar-refractivity contribution in [3.63, 3.8) is 0 Å². The van der Waals surface area contributed by atoms with E-state index >= 15 is 0 Å². The average molecular weight is 1800 g/mol. The quantitative estimate of drug-likeness (QED) is 0.0225. The fourth-order valence-corrected chi connectivity index (χ4v) is 41.1. The SMILES string of the molecule is CCCCCCN1C(=O)/C(=C2/C(=O)N(CCCCCC)c3cc(-c4ccc(-c5cccs5)s4)ccc32)c2ccc(-c3ccc(-c4cccs4)s3)cc21.CCCCCCN1C(=O)/C(=C2/C(=O)N(CCCCCC)c3cc(Br)ccc32)c2ccc(Br)cc21.CCC[CH2][Sn]([CH2]CCC)([CH2]CCC)[c]1ccc(-c2cccs2)s1. The zero-order chi connectivity index (χ0) is 76.4. The van der Waals surface area contributed by atoms with Crippen molar-refractivity contribution >= 4 is 190 Å². The molecule has 4 aromatic carbocycles. The number of hydrogen-bond donors (Lipinski definition) is 0. The molecule has 0 N–H and O–H groups in total. The predicted octanol–water partition coefficient (Wildman–Crippen LogP) is 28.9. The third-order valence-electron chi connectivity index (χ3n) is 21.7. The number of unbranched alkanes of at least 4 members (excludes halogenated alkanes) is 15. The van der Waals surface area contributed by atoms with Crippen LogP contribution in [0.3, 0.4) is 0 Å². The van der Waals surface area contributed by atoms with Crippen LogP contribution in [0.1, 0.15) is 212 Å². The van der Waals surface area contributed by atoms with Gasteiger partial charge in [0.2, 0.25) is 0 Å². The van der Waals surface area contributed by atoms with E-state index in [4.69, 9.17) is 0 Å². The zero-order valence-electron chi connectivity index (χ0n) is 64.7. The van der Waals surface area contributed by atoms with E-state index in [9.17, 15) is 19.2 Å². The molecule has 17 heteroatoms. The molecule has 0 fully saturated rings. The second-order valence-corrected chi connectivity index (χ2v) is 51.5. The standard InChI is InChI=1S/C44H42N2O2S4.C28H32Br2N2O2.C8H5S2.3C4H9.Sn/c1-3-5-7-9-23-45-33-27-29(35-19-21-39(51-35)37-13-11-25-49-37)15-17-31(33)41(43(45)47)42-32-18-16-30(36-20-22-40(52-36)38-14-12-26-50-38)28-34(32)46(44(42)48)24-10-8-6-4-2;1-3-5-7-9-15-31-23-17-19(29)11-13-21(23)25(27(31)33)26-22-14-12-20(30)18-24(22)32(28(26)34)16-10-8-6-4-2;1-3-7(9-5-1)8-4-2-6-10-8;3*1-3-4-2;/h11-22,25-28H,3-10,23-24H2,1-2H3;11-14,17-18H,3-10,15-16H2,1-2H3;1-5H;3*1,3-4H2,2H3;/b42-41+;26-25+;;;;;. The Bertz CT molecular complexity index is 4510. The molecule has 0 atom stereocenters. The predicted molar refractivity (Wildman–Crippen MR) is 486 cm³/mol. The van der Waals surface area contributed by atoms with E-state index in [1.165, 1.54) is 77.5 Å². The van der Waals surface area contributed by atoms with Gasteiger partial charge in [0, 0.05) is 86.6 Å². The van der Waals surface area contributed by atoms with Gasteiger partial charge in [-0.2, -0.15) is 0 Å². The number of nitrogens with zero attached hydrogens (tertiary/aromatic N) is 4. The van der Waals surface area contributed by atoms with Crippen molar-refractivity contribution in [3.8, 4) is 50.1 Å². The Morgan fingerprint density at radius 1 is 0.294 bits per heavy atom. The number of rotatable bonds is 35. The molecule has 0 bridgehead atoms. The van der Waals surface area contributed by atoms with Crippen molar-refractivity contribution in [3.05, 3.63) is 193 Å². The Hall–Kier alpha value is -5.80. The summed E-state index contributed by atoms with van der Waals surface area (Å²) in [4.78, 5) is 75.0. The van der Waals surface area contributed by atoms with Crippen molar-refractivity contribution in [2.45, 2.75) is 203 Å². The molecule has 0 unspecified atom stereocenters. The number of anilines is 4. The second kappa shape index (κ2) is 40.3. The molecule has 109 heavy (non-hydrogen) atoms. The van der Waals surface area contributed by atoms with Gasteiger partial charge in [-0.25, -0.2) is 0 Å². The molecule has 4 amide bonds. The Labute approximate surface area is 693 Å². The van der Waals surface area contributed by atoms with E-state index < -0.39 is 18.4 Å². The number of halogens is 2. The van der Waals surface area contributed by atoms with Gasteiger partial charge in [0.05, 0.1) is 45.0 Å². The van der Waals surface area contributed by atoms with Gasteiger partial charge in [-0.3, -0.25) is 19.2 Å². The number of carbonyl (C=O) groups excluding carboxylic acids is 4. The third kappa shape index (κ3) is 19.2. The van der Waals surface area contributed by atoms with E-state index in [1.54, 1.807) is 58.7 Å². The summed E-state index contributed by atoms with van der Waals surface area (Å²) in [6.45, 7) is 18.5. The Morgan fingerprint density at radius 2 is 0.587 bits per heavy atom. The van der Waals surface area contributed by atoms with Crippen LogP contribution in [-0.2, 0) is 19.2 Å². The molecule has 0 saturated heterocycles. The Balaban J connectivity index is 0.000000167. The van der Waals surface area contributed by atoms with Crippen molar-refractivity contribution < 1.29 is 19.2 Å². The van der Waals surface area contributed by atoms with E-state index in [0.29, 0.717) is 48.5 Å². The van der Waals surface area contributed by atoms with Crippen LogP contribution in [0.5, 0.6) is 0 Å². The normalized spacial score (nSPS) is 15.1. The molecular formula is C92H106Br2N4O4S6Sn. The molecule has 0 saturated carbocycles. The van der Waals surface area contributed by atoms with Crippen LogP contribution in [0.4, 0.5) is 22.7 Å². The summed E-state index contributed by atoms with van der Waals surface area (Å²) in [5.74, 6) is -0.234. The number of carbonyl (C=O) groups is 4. The summed E-state index contributed by atoms with van der Waals surface area (Å²) in [5.41, 5.74) is 11.4. The van der Waals surface area contributed by atoms with E-state index in [-0.39, 0.29) is 23.6 Å². The first-order valence-electron chi connectivity index (χ1n) is 40.4. The fourth-order valence-electron chi connectivity index (χ4n) is 15.8. The molecule has 0 radical (unpaired) electrons. The van der Waals surface area contributed by atoms with Crippen molar-refractivity contribution in [2.75, 3.05) is 45.8 Å². The Kier molecular flexibility index (Phi) is 30.5. The molecule has 4 aliphatic heterocycles. The molecule has 10 heterocycles. The van der Waals surface area contributed by atoms with Crippen LogP contribution < -0.4 is 22.5 Å². The van der Waals surface area contributed by atoms with Gasteiger partial charge in [-0.15, -0.1) is 45.3 Å². The number of hydrogen-bond acceptors (Lipinski definition) is 10. The van der Waals surface area contributed by atoms with Gasteiger partial charge in [0.15, 0.2) is 0 Å². The third-order valence-corrected chi connectivity index (χ3v) is 47.5. The molecule has 572 valence electrons. The van der Waals surface area contributed by atoms with E-state index in [0.717, 1.165) is 168 Å². The monoisotopic (exact) mass is 1800 g/mol. The molecule has 4 aliphatic rings. The van der Waals surface area contributed by atoms with E-state index in [2.05, 4.69) is 217 Å². The van der Waals surface area contributed by atoms with Crippen LogP contribution >= 0.6 is 99.9 Å². The van der Waals surface area contributed by atoms with Gasteiger partial charge in [-0.05, 0) is 120 Å². The molecule has 14 rings (SSSR count). The van der Waals surface area contributed by atoms with Crippen LogP contribution in [0, 0.1) is 0 Å². The molecule has 0 spiro atoms. The van der Waals surface area contributed by atoms with Gasteiger partial charge in [-0.1, -0.05) is 185 Å². The van der Waals surface area contributed by atoms with Gasteiger partial charge >= 0.3 is 156 Å². The van der Waals surface area contributed by atoms with Crippen molar-refractivity contribution in [1.82, 2.24) is 0 Å². The minimum atomic E-state index is -2.19. The molecule has 8 nitrogen and oxygen atoms in total. The van der Waals surface area contributed by atoms with Crippen LogP contribution in [0.25, 0.3) is 72.4 Å². The summed E-state index contributed by atoms with van der Waals surface area (Å²) in [5, 5.41) is 6.43. The Morgan fingerprint density at radius 3 is 0.899 bits per heavy atom. The molecule has 0 aliphatic carbocycles.